The van der Waals surface area contributed by atoms with Crippen LogP contribution in [0, 0.1) is 5.82 Å². The van der Waals surface area contributed by atoms with E-state index in [1.54, 1.807) is 6.07 Å². The van der Waals surface area contributed by atoms with E-state index in [9.17, 15) is 9.18 Å². The number of piperazine rings is 1. The van der Waals surface area contributed by atoms with Crippen molar-refractivity contribution >= 4 is 5.91 Å². The van der Waals surface area contributed by atoms with Gasteiger partial charge in [-0.2, -0.15) is 0 Å². The average Bonchev–Trinajstić information content (AvgIpc) is 2.51. The number of hydrogen-bond acceptors (Lipinski definition) is 2. The van der Waals surface area contributed by atoms with E-state index < -0.39 is 0 Å². The second-order valence-electron chi connectivity index (χ2n) is 6.36. The minimum absolute atomic E-state index is 0.186. The summed E-state index contributed by atoms with van der Waals surface area (Å²) < 4.78 is 13.2. The first kappa shape index (κ1) is 16.9. The highest BCUT2D eigenvalue weighted by molar-refractivity contribution is 5.76. The molecule has 22 heavy (non-hydrogen) atoms. The lowest BCUT2D eigenvalue weighted by atomic mass is 10.1. The fourth-order valence-corrected chi connectivity index (χ4v) is 3.24. The molecule has 0 aromatic heterocycles. The molecule has 1 aromatic carbocycles. The normalized spacial score (nSPS) is 19.7. The maximum Gasteiger partial charge on any atom is 0.222 e. The minimum atomic E-state index is -0.235. The summed E-state index contributed by atoms with van der Waals surface area (Å²) in [5.74, 6) is -0.0485. The van der Waals surface area contributed by atoms with Crippen LogP contribution in [0.5, 0.6) is 0 Å². The molecule has 1 amide bonds. The van der Waals surface area contributed by atoms with Crippen LogP contribution in [-0.2, 0) is 11.2 Å². The van der Waals surface area contributed by atoms with Crippen LogP contribution in [0.3, 0.4) is 0 Å². The van der Waals surface area contributed by atoms with Gasteiger partial charge in [0, 0.05) is 38.1 Å². The number of halogens is 1. The first-order valence-corrected chi connectivity index (χ1v) is 8.29. The summed E-state index contributed by atoms with van der Waals surface area (Å²) in [6, 6.07) is 7.49. The SMILES string of the molecule is CCC1CN(C(=O)CCc2cccc(F)c2)CCN1C(C)C. The Kier molecular flexibility index (Phi) is 5.95. The zero-order chi connectivity index (χ0) is 16.1. The van der Waals surface area contributed by atoms with E-state index >= 15 is 0 Å². The van der Waals surface area contributed by atoms with Crippen molar-refractivity contribution < 1.29 is 9.18 Å². The number of rotatable bonds is 5. The molecule has 1 fully saturated rings. The Hall–Kier alpha value is -1.42. The van der Waals surface area contributed by atoms with Crippen LogP contribution in [0.4, 0.5) is 4.39 Å². The molecule has 0 spiro atoms. The van der Waals surface area contributed by atoms with Gasteiger partial charge in [-0.1, -0.05) is 19.1 Å². The van der Waals surface area contributed by atoms with Gasteiger partial charge >= 0.3 is 0 Å². The number of carbonyl (C=O) groups is 1. The zero-order valence-corrected chi connectivity index (χ0v) is 13.9. The Morgan fingerprint density at radius 3 is 2.77 bits per heavy atom. The van der Waals surface area contributed by atoms with Crippen LogP contribution in [-0.4, -0.2) is 47.4 Å². The molecular weight excluding hydrogens is 279 g/mol. The molecular formula is C18H27FN2O. The van der Waals surface area contributed by atoms with Crippen molar-refractivity contribution in [2.75, 3.05) is 19.6 Å². The molecule has 0 radical (unpaired) electrons. The molecule has 0 N–H and O–H groups in total. The maximum atomic E-state index is 13.2. The van der Waals surface area contributed by atoms with Gasteiger partial charge < -0.3 is 4.90 Å². The predicted molar refractivity (Wildman–Crippen MR) is 87.2 cm³/mol. The van der Waals surface area contributed by atoms with E-state index in [2.05, 4.69) is 25.7 Å². The molecule has 1 saturated heterocycles. The van der Waals surface area contributed by atoms with E-state index in [-0.39, 0.29) is 11.7 Å². The van der Waals surface area contributed by atoms with Gasteiger partial charge in [0.15, 0.2) is 0 Å². The van der Waals surface area contributed by atoms with Crippen molar-refractivity contribution in [1.82, 2.24) is 9.80 Å². The summed E-state index contributed by atoms with van der Waals surface area (Å²) in [5, 5.41) is 0. The van der Waals surface area contributed by atoms with Crippen molar-refractivity contribution in [2.24, 2.45) is 0 Å². The van der Waals surface area contributed by atoms with E-state index in [1.807, 2.05) is 11.0 Å². The van der Waals surface area contributed by atoms with Gasteiger partial charge in [0.1, 0.15) is 5.82 Å². The van der Waals surface area contributed by atoms with Crippen LogP contribution >= 0.6 is 0 Å². The number of aryl methyl sites for hydroxylation is 1. The van der Waals surface area contributed by atoms with Gasteiger partial charge in [0.2, 0.25) is 5.91 Å². The Bertz CT molecular complexity index is 504. The third-order valence-electron chi connectivity index (χ3n) is 4.53. The summed E-state index contributed by atoms with van der Waals surface area (Å²) in [5.41, 5.74) is 0.890. The van der Waals surface area contributed by atoms with Crippen molar-refractivity contribution in [2.45, 2.75) is 52.1 Å². The smallest absolute Gasteiger partial charge is 0.222 e. The number of nitrogens with zero attached hydrogens (tertiary/aromatic N) is 2. The summed E-state index contributed by atoms with van der Waals surface area (Å²) in [4.78, 5) is 16.9. The van der Waals surface area contributed by atoms with E-state index in [0.717, 1.165) is 31.6 Å². The van der Waals surface area contributed by atoms with Crippen LogP contribution < -0.4 is 0 Å². The van der Waals surface area contributed by atoms with Gasteiger partial charge in [0.25, 0.3) is 0 Å². The fraction of sp³-hybridized carbons (Fsp3) is 0.611. The molecule has 0 bridgehead atoms. The average molecular weight is 306 g/mol. The topological polar surface area (TPSA) is 23.6 Å². The van der Waals surface area contributed by atoms with Crippen molar-refractivity contribution in [3.8, 4) is 0 Å². The largest absolute Gasteiger partial charge is 0.340 e. The van der Waals surface area contributed by atoms with Crippen molar-refractivity contribution in [3.05, 3.63) is 35.6 Å². The highest BCUT2D eigenvalue weighted by Crippen LogP contribution is 2.17. The van der Waals surface area contributed by atoms with Gasteiger partial charge in [-0.25, -0.2) is 4.39 Å². The molecule has 1 aliphatic rings. The molecule has 1 aromatic rings. The summed E-state index contributed by atoms with van der Waals surface area (Å²) in [6.07, 6.45) is 2.13. The predicted octanol–water partition coefficient (Wildman–Crippen LogP) is 3.09. The minimum Gasteiger partial charge on any atom is -0.340 e. The number of benzene rings is 1. The Labute approximate surface area is 133 Å². The van der Waals surface area contributed by atoms with Crippen LogP contribution in [0.1, 0.15) is 39.2 Å². The van der Waals surface area contributed by atoms with E-state index in [1.165, 1.54) is 12.1 Å². The van der Waals surface area contributed by atoms with E-state index in [0.29, 0.717) is 24.9 Å². The number of carbonyl (C=O) groups excluding carboxylic acids is 1. The molecule has 1 aliphatic heterocycles. The maximum absolute atomic E-state index is 13.2. The van der Waals surface area contributed by atoms with Crippen LogP contribution in [0.2, 0.25) is 0 Å². The third-order valence-corrected chi connectivity index (χ3v) is 4.53. The second kappa shape index (κ2) is 7.73. The van der Waals surface area contributed by atoms with Gasteiger partial charge in [-0.05, 0) is 44.4 Å². The first-order valence-electron chi connectivity index (χ1n) is 8.29. The Balaban J connectivity index is 1.88. The van der Waals surface area contributed by atoms with Crippen molar-refractivity contribution in [3.63, 3.8) is 0 Å². The lowest BCUT2D eigenvalue weighted by Gasteiger charge is -2.43. The summed E-state index contributed by atoms with van der Waals surface area (Å²) in [7, 11) is 0. The highest BCUT2D eigenvalue weighted by atomic mass is 19.1. The Morgan fingerprint density at radius 1 is 1.36 bits per heavy atom. The molecule has 1 atom stereocenters. The zero-order valence-electron chi connectivity index (χ0n) is 13.9. The molecule has 4 heteroatoms. The molecule has 2 rings (SSSR count). The van der Waals surface area contributed by atoms with Gasteiger partial charge in [-0.15, -0.1) is 0 Å². The first-order chi connectivity index (χ1) is 10.5. The number of amides is 1. The second-order valence-corrected chi connectivity index (χ2v) is 6.36. The van der Waals surface area contributed by atoms with E-state index in [4.69, 9.17) is 0 Å². The standard InChI is InChI=1S/C18H27FN2O/c1-4-17-13-20(10-11-21(17)14(2)3)18(22)9-8-15-6-5-7-16(19)12-15/h5-7,12,14,17H,4,8-11,13H2,1-3H3. The summed E-state index contributed by atoms with van der Waals surface area (Å²) in [6.45, 7) is 9.17. The monoisotopic (exact) mass is 306 g/mol. The summed E-state index contributed by atoms with van der Waals surface area (Å²) >= 11 is 0. The van der Waals surface area contributed by atoms with Gasteiger partial charge in [-0.3, -0.25) is 9.69 Å². The molecule has 1 unspecified atom stereocenters. The fourth-order valence-electron chi connectivity index (χ4n) is 3.24. The molecule has 3 nitrogen and oxygen atoms in total. The molecule has 122 valence electrons. The van der Waals surface area contributed by atoms with Gasteiger partial charge in [0.05, 0.1) is 0 Å². The quantitative estimate of drug-likeness (QED) is 0.834. The molecule has 0 saturated carbocycles. The molecule has 0 aliphatic carbocycles. The highest BCUT2D eigenvalue weighted by Gasteiger charge is 2.29. The van der Waals surface area contributed by atoms with Crippen LogP contribution in [0.25, 0.3) is 0 Å². The van der Waals surface area contributed by atoms with Crippen LogP contribution in [0.15, 0.2) is 24.3 Å². The third kappa shape index (κ3) is 4.29. The molecule has 1 heterocycles. The van der Waals surface area contributed by atoms with Crippen molar-refractivity contribution in [1.29, 1.82) is 0 Å². The lowest BCUT2D eigenvalue weighted by molar-refractivity contribution is -0.134. The lowest BCUT2D eigenvalue weighted by Crippen LogP contribution is -2.56. The Morgan fingerprint density at radius 2 is 2.14 bits per heavy atom. The number of hydrogen-bond donors (Lipinski definition) is 0.